The quantitative estimate of drug-likeness (QED) is 0.511. The number of aliphatic hydroxyl groups excluding tert-OH is 1. The molecule has 2 N–H and O–H groups in total. The van der Waals surface area contributed by atoms with Gasteiger partial charge in [-0.3, -0.25) is 0 Å². The second-order valence-electron chi connectivity index (χ2n) is 2.73. The normalized spacial score (nSPS) is 10.9. The second-order valence-corrected chi connectivity index (χ2v) is 2.73. The van der Waals surface area contributed by atoms with E-state index in [2.05, 4.69) is 17.1 Å². The third kappa shape index (κ3) is 7.78. The third-order valence-electron chi connectivity index (χ3n) is 1.63. The van der Waals surface area contributed by atoms with Crippen molar-refractivity contribution in [2.24, 2.45) is 0 Å². The minimum atomic E-state index is 0.262. The summed E-state index contributed by atoms with van der Waals surface area (Å²) in [6.45, 7) is 6.34. The van der Waals surface area contributed by atoms with Crippen LogP contribution in [0.4, 0.5) is 0 Å². The number of likely N-dealkylation sites (N-methyl/N-ethyl adjacent to an activating group) is 1. The molecule has 0 saturated carbocycles. The van der Waals surface area contributed by atoms with Crippen LogP contribution in [0.15, 0.2) is 0 Å². The van der Waals surface area contributed by atoms with Crippen LogP contribution in [0.3, 0.4) is 0 Å². The van der Waals surface area contributed by atoms with E-state index in [-0.39, 0.29) is 6.61 Å². The highest BCUT2D eigenvalue weighted by atomic mass is 16.3. The van der Waals surface area contributed by atoms with Crippen LogP contribution >= 0.6 is 0 Å². The Bertz CT molecular complexity index is 78.5. The molecule has 0 rings (SSSR count). The molecule has 0 aromatic rings. The van der Waals surface area contributed by atoms with Crippen LogP contribution in [0.5, 0.6) is 0 Å². The lowest BCUT2D eigenvalue weighted by Crippen LogP contribution is -2.26. The summed E-state index contributed by atoms with van der Waals surface area (Å²) in [7, 11) is 2.03. The predicted molar refractivity (Wildman–Crippen MR) is 47.7 cm³/mol. The van der Waals surface area contributed by atoms with Gasteiger partial charge in [-0.1, -0.05) is 6.92 Å². The van der Waals surface area contributed by atoms with Crippen LogP contribution in [0, 0.1) is 0 Å². The van der Waals surface area contributed by atoms with Gasteiger partial charge >= 0.3 is 0 Å². The molecule has 0 radical (unpaired) electrons. The Morgan fingerprint density at radius 2 is 2.09 bits per heavy atom. The van der Waals surface area contributed by atoms with Crippen molar-refractivity contribution in [1.29, 1.82) is 0 Å². The number of nitrogens with zero attached hydrogens (tertiary/aromatic N) is 1. The molecule has 0 heterocycles. The molecular formula is C8H20N2O. The van der Waals surface area contributed by atoms with Crippen LogP contribution in [0.25, 0.3) is 0 Å². The predicted octanol–water partition coefficient (Wildman–Crippen LogP) is -0.0899. The minimum absolute atomic E-state index is 0.262. The van der Waals surface area contributed by atoms with Gasteiger partial charge in [0.05, 0.1) is 6.61 Å². The first-order valence-electron chi connectivity index (χ1n) is 4.31. The molecule has 3 nitrogen and oxygen atoms in total. The van der Waals surface area contributed by atoms with Gasteiger partial charge in [0, 0.05) is 6.54 Å². The molecule has 0 aliphatic rings. The highest BCUT2D eigenvalue weighted by molar-refractivity contribution is 4.52. The van der Waals surface area contributed by atoms with E-state index in [1.165, 1.54) is 0 Å². The van der Waals surface area contributed by atoms with Crippen molar-refractivity contribution < 1.29 is 5.11 Å². The van der Waals surface area contributed by atoms with Crippen LogP contribution in [-0.2, 0) is 0 Å². The Hall–Kier alpha value is -0.120. The van der Waals surface area contributed by atoms with Gasteiger partial charge in [0.25, 0.3) is 0 Å². The van der Waals surface area contributed by atoms with Gasteiger partial charge in [0.15, 0.2) is 0 Å². The van der Waals surface area contributed by atoms with E-state index in [1.54, 1.807) is 0 Å². The van der Waals surface area contributed by atoms with Gasteiger partial charge in [-0.2, -0.15) is 0 Å². The highest BCUT2D eigenvalue weighted by Crippen LogP contribution is 1.84. The van der Waals surface area contributed by atoms with Crippen LogP contribution in [0.1, 0.15) is 13.3 Å². The Kier molecular flexibility index (Phi) is 7.89. The fourth-order valence-corrected chi connectivity index (χ4v) is 0.933. The summed E-state index contributed by atoms with van der Waals surface area (Å²) in [6.07, 6.45) is 1.16. The smallest absolute Gasteiger partial charge is 0.0558 e. The van der Waals surface area contributed by atoms with E-state index in [1.807, 2.05) is 7.05 Å². The summed E-state index contributed by atoms with van der Waals surface area (Å²) in [4.78, 5) is 2.14. The summed E-state index contributed by atoms with van der Waals surface area (Å²) in [5.41, 5.74) is 0. The SMILES string of the molecule is CCNCCCN(C)CCO. The molecule has 0 bridgehead atoms. The van der Waals surface area contributed by atoms with E-state index < -0.39 is 0 Å². The maximum absolute atomic E-state index is 8.58. The molecular weight excluding hydrogens is 140 g/mol. The first kappa shape index (κ1) is 10.9. The molecule has 0 unspecified atom stereocenters. The lowest BCUT2D eigenvalue weighted by atomic mass is 10.4. The first-order valence-corrected chi connectivity index (χ1v) is 4.31. The van der Waals surface area contributed by atoms with Gasteiger partial charge in [-0.05, 0) is 33.1 Å². The van der Waals surface area contributed by atoms with E-state index in [0.717, 1.165) is 32.6 Å². The van der Waals surface area contributed by atoms with Crippen LogP contribution < -0.4 is 5.32 Å². The monoisotopic (exact) mass is 160 g/mol. The molecule has 0 amide bonds. The molecule has 0 aromatic heterocycles. The third-order valence-corrected chi connectivity index (χ3v) is 1.63. The Labute approximate surface area is 69.4 Å². The fraction of sp³-hybridized carbons (Fsp3) is 1.00. The number of aliphatic hydroxyl groups is 1. The molecule has 0 atom stereocenters. The van der Waals surface area contributed by atoms with Crippen LogP contribution in [0.2, 0.25) is 0 Å². The molecule has 0 saturated heterocycles. The largest absolute Gasteiger partial charge is 0.395 e. The fourth-order valence-electron chi connectivity index (χ4n) is 0.933. The standard InChI is InChI=1S/C8H20N2O/c1-3-9-5-4-6-10(2)7-8-11/h9,11H,3-8H2,1-2H3. The van der Waals surface area contributed by atoms with Gasteiger partial charge in [-0.25, -0.2) is 0 Å². The van der Waals surface area contributed by atoms with E-state index >= 15 is 0 Å². The van der Waals surface area contributed by atoms with E-state index in [9.17, 15) is 0 Å². The number of rotatable bonds is 7. The second kappa shape index (κ2) is 7.98. The Balaban J connectivity index is 2.97. The van der Waals surface area contributed by atoms with E-state index in [0.29, 0.717) is 0 Å². The van der Waals surface area contributed by atoms with Gasteiger partial charge in [0.2, 0.25) is 0 Å². The summed E-state index contributed by atoms with van der Waals surface area (Å²) >= 11 is 0. The van der Waals surface area contributed by atoms with Gasteiger partial charge < -0.3 is 15.3 Å². The average Bonchev–Trinajstić information content (AvgIpc) is 1.99. The lowest BCUT2D eigenvalue weighted by Gasteiger charge is -2.14. The first-order chi connectivity index (χ1) is 5.31. The van der Waals surface area contributed by atoms with Crippen molar-refractivity contribution in [3.63, 3.8) is 0 Å². The Morgan fingerprint density at radius 3 is 2.64 bits per heavy atom. The maximum Gasteiger partial charge on any atom is 0.0558 e. The lowest BCUT2D eigenvalue weighted by molar-refractivity contribution is 0.220. The van der Waals surface area contributed by atoms with Crippen molar-refractivity contribution in [3.05, 3.63) is 0 Å². The van der Waals surface area contributed by atoms with Crippen molar-refractivity contribution in [1.82, 2.24) is 10.2 Å². The number of hydrogen-bond donors (Lipinski definition) is 2. The van der Waals surface area contributed by atoms with Gasteiger partial charge in [-0.15, -0.1) is 0 Å². The number of nitrogens with one attached hydrogen (secondary N) is 1. The van der Waals surface area contributed by atoms with Crippen molar-refractivity contribution >= 4 is 0 Å². The molecule has 68 valence electrons. The van der Waals surface area contributed by atoms with Crippen molar-refractivity contribution in [3.8, 4) is 0 Å². The summed E-state index contributed by atoms with van der Waals surface area (Å²) in [5, 5.41) is 11.8. The summed E-state index contributed by atoms with van der Waals surface area (Å²) < 4.78 is 0. The van der Waals surface area contributed by atoms with E-state index in [4.69, 9.17) is 5.11 Å². The zero-order valence-electron chi connectivity index (χ0n) is 7.64. The summed E-state index contributed by atoms with van der Waals surface area (Å²) in [5.74, 6) is 0. The molecule has 3 heteroatoms. The number of hydrogen-bond acceptors (Lipinski definition) is 3. The molecule has 0 spiro atoms. The minimum Gasteiger partial charge on any atom is -0.395 e. The van der Waals surface area contributed by atoms with Crippen molar-refractivity contribution in [2.75, 3.05) is 39.8 Å². The zero-order valence-corrected chi connectivity index (χ0v) is 7.64. The van der Waals surface area contributed by atoms with Gasteiger partial charge in [0.1, 0.15) is 0 Å². The molecule has 0 aliphatic heterocycles. The molecule has 0 fully saturated rings. The van der Waals surface area contributed by atoms with Crippen LogP contribution in [-0.4, -0.2) is 49.8 Å². The summed E-state index contributed by atoms with van der Waals surface area (Å²) in [6, 6.07) is 0. The maximum atomic E-state index is 8.58. The Morgan fingerprint density at radius 1 is 1.36 bits per heavy atom. The molecule has 0 aliphatic carbocycles. The van der Waals surface area contributed by atoms with Crippen molar-refractivity contribution in [2.45, 2.75) is 13.3 Å². The highest BCUT2D eigenvalue weighted by Gasteiger charge is 1.94. The topological polar surface area (TPSA) is 35.5 Å². The average molecular weight is 160 g/mol. The zero-order chi connectivity index (χ0) is 8.53. The molecule has 0 aromatic carbocycles. The molecule has 11 heavy (non-hydrogen) atoms.